The van der Waals surface area contributed by atoms with Crippen LogP contribution in [0.25, 0.3) is 0 Å². The number of amides is 1. The molecule has 23 heavy (non-hydrogen) atoms. The minimum absolute atomic E-state index is 0. The van der Waals surface area contributed by atoms with Gasteiger partial charge in [-0.3, -0.25) is 4.79 Å². The van der Waals surface area contributed by atoms with E-state index in [2.05, 4.69) is 5.32 Å². The molecule has 2 rings (SSSR count). The van der Waals surface area contributed by atoms with Gasteiger partial charge in [-0.25, -0.2) is 4.39 Å². The van der Waals surface area contributed by atoms with Gasteiger partial charge in [0, 0.05) is 24.8 Å². The van der Waals surface area contributed by atoms with Crippen molar-refractivity contribution in [1.82, 2.24) is 5.32 Å². The summed E-state index contributed by atoms with van der Waals surface area (Å²) in [6.07, 6.45) is 2.33. The zero-order valence-electron chi connectivity index (χ0n) is 13.4. The van der Waals surface area contributed by atoms with Crippen molar-refractivity contribution in [3.63, 3.8) is 0 Å². The number of rotatable bonds is 5. The molecule has 1 aliphatic rings. The maximum Gasteiger partial charge on any atom is 0.240 e. The molecule has 130 valence electrons. The smallest absolute Gasteiger partial charge is 0.240 e. The number of carbonyl (C=O) groups excluding carboxylic acids is 1. The van der Waals surface area contributed by atoms with Crippen LogP contribution in [-0.4, -0.2) is 30.6 Å². The van der Waals surface area contributed by atoms with Crippen molar-refractivity contribution < 1.29 is 9.18 Å². The van der Waals surface area contributed by atoms with Gasteiger partial charge in [-0.2, -0.15) is 0 Å². The quantitative estimate of drug-likeness (QED) is 0.844. The number of anilines is 1. The largest absolute Gasteiger partial charge is 0.369 e. The van der Waals surface area contributed by atoms with Crippen LogP contribution < -0.4 is 16.0 Å². The average molecular weight is 364 g/mol. The van der Waals surface area contributed by atoms with Crippen LogP contribution in [0, 0.1) is 5.82 Å². The molecule has 2 atom stereocenters. The second-order valence-electron chi connectivity index (χ2n) is 6.17. The molecular formula is C16H24Cl2FN3O. The first-order chi connectivity index (χ1) is 10.3. The lowest BCUT2D eigenvalue weighted by atomic mass is 9.96. The second-order valence-corrected chi connectivity index (χ2v) is 6.58. The molecular weight excluding hydrogens is 340 g/mol. The zero-order valence-corrected chi connectivity index (χ0v) is 15.0. The Balaban J connectivity index is 0.00000264. The van der Waals surface area contributed by atoms with E-state index in [4.69, 9.17) is 17.3 Å². The highest BCUT2D eigenvalue weighted by Crippen LogP contribution is 2.25. The van der Waals surface area contributed by atoms with Crippen molar-refractivity contribution in [2.75, 3.05) is 18.0 Å². The maximum absolute atomic E-state index is 13.5. The lowest BCUT2D eigenvalue weighted by Crippen LogP contribution is -2.54. The van der Waals surface area contributed by atoms with Crippen LogP contribution >= 0.6 is 24.0 Å². The highest BCUT2D eigenvalue weighted by molar-refractivity contribution is 6.30. The predicted molar refractivity (Wildman–Crippen MR) is 94.9 cm³/mol. The molecule has 0 saturated carbocycles. The summed E-state index contributed by atoms with van der Waals surface area (Å²) in [5, 5.41) is 3.12. The molecule has 0 radical (unpaired) electrons. The number of carbonyl (C=O) groups is 1. The predicted octanol–water partition coefficient (Wildman–Crippen LogP) is 3.11. The van der Waals surface area contributed by atoms with Crippen LogP contribution in [0.3, 0.4) is 0 Å². The van der Waals surface area contributed by atoms with Gasteiger partial charge >= 0.3 is 0 Å². The van der Waals surface area contributed by atoms with Crippen LogP contribution in [0.4, 0.5) is 10.1 Å². The zero-order chi connectivity index (χ0) is 16.3. The molecule has 0 aliphatic carbocycles. The third-order valence-electron chi connectivity index (χ3n) is 4.08. The molecule has 1 heterocycles. The van der Waals surface area contributed by atoms with Gasteiger partial charge in [0.25, 0.3) is 0 Å². The van der Waals surface area contributed by atoms with Gasteiger partial charge in [-0.1, -0.05) is 24.9 Å². The monoisotopic (exact) mass is 363 g/mol. The first-order valence-electron chi connectivity index (χ1n) is 7.63. The van der Waals surface area contributed by atoms with Crippen molar-refractivity contribution in [3.8, 4) is 0 Å². The standard InChI is InChI=1S/C16H23ClFN3O.ClH/c1-3-7-16(2,19)15(22)20-11-6-8-21(10-11)12-4-5-13(17)14(18)9-12;/h4-5,9,11H,3,6-8,10,19H2,1-2H3,(H,20,22);1H. The number of nitrogens with zero attached hydrogens (tertiary/aromatic N) is 1. The summed E-state index contributed by atoms with van der Waals surface area (Å²) in [4.78, 5) is 14.3. The first kappa shape index (κ1) is 20.0. The minimum Gasteiger partial charge on any atom is -0.369 e. The first-order valence-corrected chi connectivity index (χ1v) is 8.01. The Labute approximate surface area is 148 Å². The van der Waals surface area contributed by atoms with E-state index in [9.17, 15) is 9.18 Å². The van der Waals surface area contributed by atoms with Crippen LogP contribution in [0.1, 0.15) is 33.1 Å². The van der Waals surface area contributed by atoms with Gasteiger partial charge < -0.3 is 16.0 Å². The third kappa shape index (κ3) is 4.96. The number of nitrogens with one attached hydrogen (secondary N) is 1. The van der Waals surface area contributed by atoms with Gasteiger partial charge in [0.2, 0.25) is 5.91 Å². The van der Waals surface area contributed by atoms with E-state index in [-0.39, 0.29) is 29.4 Å². The number of halogens is 3. The van der Waals surface area contributed by atoms with Crippen molar-refractivity contribution in [2.45, 2.75) is 44.7 Å². The topological polar surface area (TPSA) is 58.4 Å². The number of benzene rings is 1. The van der Waals surface area contributed by atoms with E-state index >= 15 is 0 Å². The van der Waals surface area contributed by atoms with E-state index in [0.717, 1.165) is 25.1 Å². The summed E-state index contributed by atoms with van der Waals surface area (Å²) in [6.45, 7) is 5.17. The fraction of sp³-hybridized carbons (Fsp3) is 0.562. The fourth-order valence-electron chi connectivity index (χ4n) is 2.78. The number of hydrogen-bond acceptors (Lipinski definition) is 3. The number of hydrogen-bond donors (Lipinski definition) is 2. The Morgan fingerprint density at radius 3 is 2.87 bits per heavy atom. The van der Waals surface area contributed by atoms with E-state index < -0.39 is 11.4 Å². The maximum atomic E-state index is 13.5. The Hall–Kier alpha value is -1.04. The SMILES string of the molecule is CCCC(C)(N)C(=O)NC1CCN(c2ccc(Cl)c(F)c2)C1.Cl. The molecule has 1 aromatic carbocycles. The van der Waals surface area contributed by atoms with E-state index in [1.165, 1.54) is 6.07 Å². The number of nitrogens with two attached hydrogens (primary N) is 1. The minimum atomic E-state index is -0.839. The molecule has 0 spiro atoms. The normalized spacial score (nSPS) is 19.9. The molecule has 0 bridgehead atoms. The lowest BCUT2D eigenvalue weighted by molar-refractivity contribution is -0.126. The average Bonchev–Trinajstić information content (AvgIpc) is 2.90. The summed E-state index contributed by atoms with van der Waals surface area (Å²) >= 11 is 5.70. The van der Waals surface area contributed by atoms with E-state index in [1.807, 2.05) is 11.8 Å². The third-order valence-corrected chi connectivity index (χ3v) is 4.39. The molecule has 1 aromatic rings. The van der Waals surface area contributed by atoms with Gasteiger partial charge in [0.05, 0.1) is 10.6 Å². The molecule has 1 aliphatic heterocycles. The van der Waals surface area contributed by atoms with Gasteiger partial charge in [-0.15, -0.1) is 12.4 Å². The summed E-state index contributed by atoms with van der Waals surface area (Å²) < 4.78 is 13.5. The van der Waals surface area contributed by atoms with Crippen LogP contribution in [0.2, 0.25) is 5.02 Å². The molecule has 3 N–H and O–H groups in total. The van der Waals surface area contributed by atoms with E-state index in [1.54, 1.807) is 19.1 Å². The summed E-state index contributed by atoms with van der Waals surface area (Å²) in [6, 6.07) is 4.80. The van der Waals surface area contributed by atoms with Crippen LogP contribution in [0.15, 0.2) is 18.2 Å². The van der Waals surface area contributed by atoms with Crippen molar-refractivity contribution in [3.05, 3.63) is 29.0 Å². The molecule has 0 aromatic heterocycles. The molecule has 1 fully saturated rings. The summed E-state index contributed by atoms with van der Waals surface area (Å²) in [5.41, 5.74) is 5.98. The Morgan fingerprint density at radius 2 is 2.26 bits per heavy atom. The highest BCUT2D eigenvalue weighted by atomic mass is 35.5. The van der Waals surface area contributed by atoms with Gasteiger partial charge in [0.15, 0.2) is 0 Å². The van der Waals surface area contributed by atoms with Crippen molar-refractivity contribution >= 4 is 35.6 Å². The van der Waals surface area contributed by atoms with E-state index in [0.29, 0.717) is 13.0 Å². The van der Waals surface area contributed by atoms with Crippen LogP contribution in [0.5, 0.6) is 0 Å². The highest BCUT2D eigenvalue weighted by Gasteiger charge is 2.31. The Bertz CT molecular complexity index is 554. The summed E-state index contributed by atoms with van der Waals surface area (Å²) in [7, 11) is 0. The van der Waals surface area contributed by atoms with Crippen molar-refractivity contribution in [1.29, 1.82) is 0 Å². The van der Waals surface area contributed by atoms with Crippen LogP contribution in [-0.2, 0) is 4.79 Å². The Kier molecular flexibility index (Phi) is 7.11. The fourth-order valence-corrected chi connectivity index (χ4v) is 2.90. The molecule has 7 heteroatoms. The Morgan fingerprint density at radius 1 is 1.57 bits per heavy atom. The van der Waals surface area contributed by atoms with Gasteiger partial charge in [0.1, 0.15) is 5.82 Å². The molecule has 2 unspecified atom stereocenters. The summed E-state index contributed by atoms with van der Waals surface area (Å²) in [5.74, 6) is -0.549. The van der Waals surface area contributed by atoms with Crippen molar-refractivity contribution in [2.24, 2.45) is 5.73 Å². The second kappa shape index (κ2) is 8.18. The molecule has 4 nitrogen and oxygen atoms in total. The molecule has 1 amide bonds. The van der Waals surface area contributed by atoms with Gasteiger partial charge in [-0.05, 0) is 38.0 Å². The molecule has 1 saturated heterocycles. The lowest BCUT2D eigenvalue weighted by Gasteiger charge is -2.25.